The highest BCUT2D eigenvalue weighted by Crippen LogP contribution is 2.39. The number of carboxylic acids is 1. The summed E-state index contributed by atoms with van der Waals surface area (Å²) < 4.78 is 50.3. The number of carbonyl (C=O) groups excluding carboxylic acids is 1. The molecular formula is C26H21ClF3N3O6. The number of amides is 1. The molecule has 1 aromatic heterocycles. The molecule has 204 valence electrons. The molecular weight excluding hydrogens is 543 g/mol. The Morgan fingerprint density at radius 3 is 2.49 bits per heavy atom. The maximum atomic E-state index is 13.7. The van der Waals surface area contributed by atoms with Gasteiger partial charge in [-0.1, -0.05) is 23.7 Å². The number of nitriles is 1. The summed E-state index contributed by atoms with van der Waals surface area (Å²) in [5.41, 5.74) is -1.49. The summed E-state index contributed by atoms with van der Waals surface area (Å²) in [4.78, 5) is 29.2. The zero-order valence-electron chi connectivity index (χ0n) is 20.5. The Morgan fingerprint density at radius 1 is 1.18 bits per heavy atom. The monoisotopic (exact) mass is 563 g/mol. The number of aliphatic hydroxyl groups is 1. The van der Waals surface area contributed by atoms with Crippen molar-refractivity contribution < 1.29 is 42.4 Å². The number of carbonyl (C=O) groups is 2. The number of aromatic nitrogens is 1. The zero-order chi connectivity index (χ0) is 28.9. The lowest BCUT2D eigenvalue weighted by Gasteiger charge is -2.23. The normalized spacial score (nSPS) is 11.8. The van der Waals surface area contributed by atoms with Crippen LogP contribution in [0.1, 0.15) is 28.0 Å². The van der Waals surface area contributed by atoms with E-state index < -0.39 is 42.9 Å². The molecule has 0 aliphatic carbocycles. The summed E-state index contributed by atoms with van der Waals surface area (Å²) in [6, 6.07) is 11.3. The number of anilines is 1. The Morgan fingerprint density at radius 2 is 1.87 bits per heavy atom. The van der Waals surface area contributed by atoms with Crippen LogP contribution in [0.4, 0.5) is 18.9 Å². The Bertz CT molecular complexity index is 1440. The van der Waals surface area contributed by atoms with Crippen molar-refractivity contribution in [3.63, 3.8) is 0 Å². The van der Waals surface area contributed by atoms with E-state index in [2.05, 4.69) is 4.98 Å². The highest BCUT2D eigenvalue weighted by Gasteiger charge is 2.33. The number of aliphatic carboxylic acids is 1. The summed E-state index contributed by atoms with van der Waals surface area (Å²) in [6.07, 6.45) is -6.00. The summed E-state index contributed by atoms with van der Waals surface area (Å²) in [5.74, 6) is -1.72. The molecule has 3 rings (SSSR count). The maximum Gasteiger partial charge on any atom is 0.433 e. The van der Waals surface area contributed by atoms with Crippen molar-refractivity contribution in [3.8, 4) is 28.7 Å². The molecule has 1 amide bonds. The van der Waals surface area contributed by atoms with Crippen LogP contribution in [0.5, 0.6) is 11.5 Å². The molecule has 0 radical (unpaired) electrons. The number of methoxy groups -OCH3 is 1. The van der Waals surface area contributed by atoms with E-state index in [1.165, 1.54) is 31.2 Å². The molecule has 13 heteroatoms. The van der Waals surface area contributed by atoms with E-state index >= 15 is 0 Å². The van der Waals surface area contributed by atoms with Gasteiger partial charge in [-0.15, -0.1) is 0 Å². The molecule has 0 saturated carbocycles. The van der Waals surface area contributed by atoms with Gasteiger partial charge in [-0.3, -0.25) is 14.6 Å². The Hall–Kier alpha value is -4.34. The SMILES string of the molecule is COc1ccccc1N(C)C(=O)c1cc(-c2cnc(C(F)(F)F)cc2C#N)c(Cl)cc1OCC(O)CC(=O)O. The highest BCUT2D eigenvalue weighted by atomic mass is 35.5. The molecule has 3 aromatic rings. The quantitative estimate of drug-likeness (QED) is 0.380. The van der Waals surface area contributed by atoms with Gasteiger partial charge in [-0.25, -0.2) is 0 Å². The molecule has 0 aliphatic rings. The molecule has 0 saturated heterocycles. The van der Waals surface area contributed by atoms with Crippen LogP contribution in [0.3, 0.4) is 0 Å². The molecule has 0 bridgehead atoms. The molecule has 9 nitrogen and oxygen atoms in total. The number of ether oxygens (including phenoxy) is 2. The fourth-order valence-electron chi connectivity index (χ4n) is 3.61. The minimum Gasteiger partial charge on any atom is -0.495 e. The first kappa shape index (κ1) is 29.2. The van der Waals surface area contributed by atoms with Gasteiger partial charge in [0.15, 0.2) is 0 Å². The second-order valence-corrected chi connectivity index (χ2v) is 8.56. The van der Waals surface area contributed by atoms with Gasteiger partial charge in [0.25, 0.3) is 5.91 Å². The third kappa shape index (κ3) is 6.76. The summed E-state index contributed by atoms with van der Waals surface area (Å²) in [7, 11) is 2.86. The fraction of sp³-hybridized carbons (Fsp3) is 0.231. The number of nitrogens with zero attached hydrogens (tertiary/aromatic N) is 3. The standard InChI is InChI=1S/C26H21ClF3N3O6/c1-33(20-5-3-4-6-21(20)38-2)25(37)17-9-16(18-12-32-23(26(28,29)30)7-14(18)11-31)19(27)10-22(17)39-13-15(34)8-24(35)36/h3-7,9-10,12,15,34H,8,13H2,1-2H3,(H,35,36). The number of carboxylic acid groups (broad SMARTS) is 1. The number of halogens is 4. The lowest BCUT2D eigenvalue weighted by atomic mass is 9.98. The van der Waals surface area contributed by atoms with Crippen LogP contribution in [-0.2, 0) is 11.0 Å². The molecule has 1 heterocycles. The van der Waals surface area contributed by atoms with Crippen LogP contribution in [0.15, 0.2) is 48.7 Å². The molecule has 1 unspecified atom stereocenters. The lowest BCUT2D eigenvalue weighted by Crippen LogP contribution is -2.28. The van der Waals surface area contributed by atoms with Crippen LogP contribution >= 0.6 is 11.6 Å². The number of hydrogen-bond donors (Lipinski definition) is 2. The first-order chi connectivity index (χ1) is 18.4. The van der Waals surface area contributed by atoms with Gasteiger partial charge < -0.3 is 24.6 Å². The Balaban J connectivity index is 2.15. The predicted octanol–water partition coefficient (Wildman–Crippen LogP) is 4.79. The van der Waals surface area contributed by atoms with Crippen molar-refractivity contribution in [3.05, 3.63) is 70.5 Å². The molecule has 2 N–H and O–H groups in total. The number of pyridine rings is 1. The van der Waals surface area contributed by atoms with Crippen molar-refractivity contribution >= 4 is 29.2 Å². The average molecular weight is 564 g/mol. The van der Waals surface area contributed by atoms with Crippen LogP contribution in [0.2, 0.25) is 5.02 Å². The number of aliphatic hydroxyl groups excluding tert-OH is 1. The van der Waals surface area contributed by atoms with Gasteiger partial charge in [0.2, 0.25) is 0 Å². The van der Waals surface area contributed by atoms with E-state index in [0.717, 1.165) is 6.20 Å². The third-order valence-electron chi connectivity index (χ3n) is 5.50. The minimum absolute atomic E-state index is 0.0182. The minimum atomic E-state index is -4.79. The highest BCUT2D eigenvalue weighted by molar-refractivity contribution is 6.34. The average Bonchev–Trinajstić information content (AvgIpc) is 2.89. The smallest absolute Gasteiger partial charge is 0.433 e. The van der Waals surface area contributed by atoms with Gasteiger partial charge in [-0.05, 0) is 24.3 Å². The summed E-state index contributed by atoms with van der Waals surface area (Å²) in [5, 5.41) is 28.3. The van der Waals surface area contributed by atoms with Crippen LogP contribution in [-0.4, -0.2) is 53.9 Å². The van der Waals surface area contributed by atoms with E-state index in [0.29, 0.717) is 17.5 Å². The zero-order valence-corrected chi connectivity index (χ0v) is 21.2. The van der Waals surface area contributed by atoms with Crippen molar-refractivity contribution in [2.75, 3.05) is 25.7 Å². The van der Waals surface area contributed by atoms with E-state index in [-0.39, 0.29) is 33.0 Å². The van der Waals surface area contributed by atoms with Crippen LogP contribution in [0, 0.1) is 11.3 Å². The molecule has 39 heavy (non-hydrogen) atoms. The van der Waals surface area contributed by atoms with Crippen LogP contribution < -0.4 is 14.4 Å². The molecule has 1 atom stereocenters. The summed E-state index contributed by atoms with van der Waals surface area (Å²) in [6.45, 7) is -0.508. The van der Waals surface area contributed by atoms with Gasteiger partial charge in [0.05, 0.1) is 47.5 Å². The van der Waals surface area contributed by atoms with E-state index in [1.54, 1.807) is 30.3 Å². The van der Waals surface area contributed by atoms with E-state index in [9.17, 15) is 33.1 Å². The number of benzene rings is 2. The second kappa shape index (κ2) is 12.0. The molecule has 2 aromatic carbocycles. The van der Waals surface area contributed by atoms with Crippen molar-refractivity contribution in [2.24, 2.45) is 0 Å². The van der Waals surface area contributed by atoms with Gasteiger partial charge in [0, 0.05) is 30.4 Å². The maximum absolute atomic E-state index is 13.7. The first-order valence-corrected chi connectivity index (χ1v) is 11.5. The Kier molecular flexibility index (Phi) is 9.00. The van der Waals surface area contributed by atoms with Crippen molar-refractivity contribution in [1.82, 2.24) is 4.98 Å². The van der Waals surface area contributed by atoms with E-state index in [4.69, 9.17) is 26.2 Å². The number of rotatable bonds is 9. The van der Waals surface area contributed by atoms with Gasteiger partial charge in [-0.2, -0.15) is 18.4 Å². The molecule has 0 aliphatic heterocycles. The largest absolute Gasteiger partial charge is 0.495 e. The van der Waals surface area contributed by atoms with Crippen molar-refractivity contribution in [2.45, 2.75) is 18.7 Å². The van der Waals surface area contributed by atoms with E-state index in [1.807, 2.05) is 0 Å². The molecule has 0 spiro atoms. The summed E-state index contributed by atoms with van der Waals surface area (Å²) >= 11 is 6.40. The predicted molar refractivity (Wildman–Crippen MR) is 134 cm³/mol. The van der Waals surface area contributed by atoms with Crippen molar-refractivity contribution in [1.29, 1.82) is 5.26 Å². The Labute approximate surface area is 225 Å². The lowest BCUT2D eigenvalue weighted by molar-refractivity contribution is -0.141. The number of para-hydroxylation sites is 2. The fourth-order valence-corrected chi connectivity index (χ4v) is 3.86. The number of alkyl halides is 3. The second-order valence-electron chi connectivity index (χ2n) is 8.15. The van der Waals surface area contributed by atoms with Gasteiger partial charge in [0.1, 0.15) is 23.8 Å². The van der Waals surface area contributed by atoms with Gasteiger partial charge >= 0.3 is 12.1 Å². The molecule has 0 fully saturated rings. The third-order valence-corrected chi connectivity index (χ3v) is 5.81. The van der Waals surface area contributed by atoms with Crippen LogP contribution in [0.25, 0.3) is 11.1 Å². The topological polar surface area (TPSA) is 133 Å². The number of hydrogen-bond acceptors (Lipinski definition) is 7. The first-order valence-electron chi connectivity index (χ1n) is 11.1.